The van der Waals surface area contributed by atoms with Crippen LogP contribution >= 0.6 is 38.6 Å². The summed E-state index contributed by atoms with van der Waals surface area (Å²) < 4.78 is 9.74. The van der Waals surface area contributed by atoms with Crippen molar-refractivity contribution in [3.8, 4) is 0 Å². The van der Waals surface area contributed by atoms with Crippen molar-refractivity contribution in [3.05, 3.63) is 56.2 Å². The summed E-state index contributed by atoms with van der Waals surface area (Å²) in [5, 5.41) is 4.09. The van der Waals surface area contributed by atoms with Gasteiger partial charge in [0.2, 0.25) is 0 Å². The number of carbonyl (C=O) groups is 2. The molecule has 148 valence electrons. The van der Waals surface area contributed by atoms with Gasteiger partial charge in [0.15, 0.2) is 20.4 Å². The van der Waals surface area contributed by atoms with Crippen LogP contribution in [0.25, 0.3) is 0 Å². The van der Waals surface area contributed by atoms with Gasteiger partial charge in [0.1, 0.15) is 0 Å². The quantitative estimate of drug-likeness (QED) is 0.506. The Balaban J connectivity index is 0.000000237. The monoisotopic (exact) mass is 484 g/mol. The van der Waals surface area contributed by atoms with Gasteiger partial charge in [-0.2, -0.15) is 0 Å². The summed E-state index contributed by atoms with van der Waals surface area (Å²) in [6.45, 7) is 0.648. The maximum atomic E-state index is 11.3. The summed E-state index contributed by atoms with van der Waals surface area (Å²) in [5.41, 5.74) is 1.64. The lowest BCUT2D eigenvalue weighted by molar-refractivity contribution is 0.0586. The van der Waals surface area contributed by atoms with Crippen LogP contribution in [0, 0.1) is 0 Å². The minimum absolute atomic E-state index is 0.338. The Morgan fingerprint density at radius 3 is 2.25 bits per heavy atom. The Bertz CT molecular complexity index is 917. The fourth-order valence-electron chi connectivity index (χ4n) is 1.89. The average Bonchev–Trinajstić information content (AvgIpc) is 3.37. The number of methoxy groups -OCH3 is 2. The van der Waals surface area contributed by atoms with Crippen molar-refractivity contribution in [2.45, 2.75) is 6.54 Å². The molecule has 0 aliphatic rings. The van der Waals surface area contributed by atoms with Crippen LogP contribution in [0.4, 0.5) is 5.13 Å². The minimum atomic E-state index is -0.413. The van der Waals surface area contributed by atoms with Crippen LogP contribution in [-0.2, 0) is 16.0 Å². The van der Waals surface area contributed by atoms with E-state index in [0.717, 1.165) is 10.8 Å². The van der Waals surface area contributed by atoms with Crippen molar-refractivity contribution in [1.82, 2.24) is 15.0 Å². The van der Waals surface area contributed by atoms with Crippen LogP contribution in [0.15, 0.2) is 39.1 Å². The number of rotatable bonds is 5. The zero-order valence-electron chi connectivity index (χ0n) is 15.3. The molecule has 0 aliphatic heterocycles. The predicted octanol–water partition coefficient (Wildman–Crippen LogP) is 3.65. The summed E-state index contributed by atoms with van der Waals surface area (Å²) in [7, 11) is 4.59. The van der Waals surface area contributed by atoms with Crippen LogP contribution in [0.3, 0.4) is 0 Å². The van der Waals surface area contributed by atoms with Crippen molar-refractivity contribution in [2.75, 3.05) is 26.2 Å². The molecule has 0 saturated heterocycles. The Labute approximate surface area is 178 Å². The lowest BCUT2D eigenvalue weighted by Crippen LogP contribution is -2.17. The second kappa shape index (κ2) is 10.8. The molecule has 8 nitrogen and oxygen atoms in total. The van der Waals surface area contributed by atoms with Crippen molar-refractivity contribution in [1.29, 1.82) is 0 Å². The molecule has 0 radical (unpaired) electrons. The van der Waals surface area contributed by atoms with Gasteiger partial charge >= 0.3 is 11.9 Å². The first-order chi connectivity index (χ1) is 13.4. The molecule has 3 rings (SSSR count). The molecule has 11 heteroatoms. The number of pyridine rings is 1. The third-order valence-corrected chi connectivity index (χ3v) is 5.53. The van der Waals surface area contributed by atoms with E-state index < -0.39 is 11.9 Å². The van der Waals surface area contributed by atoms with Crippen molar-refractivity contribution >= 4 is 55.7 Å². The van der Waals surface area contributed by atoms with Gasteiger partial charge < -0.3 is 14.4 Å². The number of hydrogen-bond donors (Lipinski definition) is 0. The van der Waals surface area contributed by atoms with Gasteiger partial charge in [-0.1, -0.05) is 6.07 Å². The minimum Gasteiger partial charge on any atom is -0.464 e. The lowest BCUT2D eigenvalue weighted by atomic mass is 10.3. The third-order valence-electron chi connectivity index (χ3n) is 3.21. The zero-order valence-corrected chi connectivity index (χ0v) is 18.5. The van der Waals surface area contributed by atoms with Gasteiger partial charge in [-0.25, -0.2) is 19.6 Å². The summed E-state index contributed by atoms with van der Waals surface area (Å²) in [5.74, 6) is -0.814. The Kier molecular flexibility index (Phi) is 8.48. The second-order valence-corrected chi connectivity index (χ2v) is 8.13. The highest BCUT2D eigenvalue weighted by atomic mass is 79.9. The molecule has 0 saturated carbocycles. The number of ether oxygens (including phenoxy) is 2. The van der Waals surface area contributed by atoms with E-state index in [1.165, 1.54) is 36.9 Å². The van der Waals surface area contributed by atoms with E-state index in [9.17, 15) is 9.59 Å². The number of nitrogens with zero attached hydrogens (tertiary/aromatic N) is 4. The molecule has 0 aromatic carbocycles. The van der Waals surface area contributed by atoms with Crippen LogP contribution in [-0.4, -0.2) is 48.2 Å². The van der Waals surface area contributed by atoms with E-state index in [4.69, 9.17) is 0 Å². The number of hydrogen-bond acceptors (Lipinski definition) is 10. The highest BCUT2D eigenvalue weighted by Gasteiger charge is 2.13. The first-order valence-electron chi connectivity index (χ1n) is 7.78. The molecule has 0 fully saturated rings. The van der Waals surface area contributed by atoms with Gasteiger partial charge in [0.25, 0.3) is 0 Å². The first-order valence-corrected chi connectivity index (χ1v) is 10.3. The highest BCUT2D eigenvalue weighted by molar-refractivity contribution is 9.11. The average molecular weight is 485 g/mol. The number of esters is 2. The van der Waals surface area contributed by atoms with Crippen LogP contribution in [0.2, 0.25) is 0 Å². The number of thiazole rings is 2. The number of carbonyl (C=O) groups excluding carboxylic acids is 2. The summed E-state index contributed by atoms with van der Waals surface area (Å²) in [6, 6.07) is 5.77. The summed E-state index contributed by atoms with van der Waals surface area (Å²) in [4.78, 5) is 36.3. The van der Waals surface area contributed by atoms with Crippen LogP contribution in [0.5, 0.6) is 0 Å². The van der Waals surface area contributed by atoms with E-state index in [0.29, 0.717) is 21.8 Å². The van der Waals surface area contributed by atoms with Crippen LogP contribution < -0.4 is 4.90 Å². The largest absolute Gasteiger partial charge is 0.464 e. The molecule has 0 spiro atoms. The molecule has 0 unspecified atom stereocenters. The first kappa shape index (κ1) is 21.9. The van der Waals surface area contributed by atoms with Crippen molar-refractivity contribution in [2.24, 2.45) is 0 Å². The van der Waals surface area contributed by atoms with Gasteiger partial charge in [-0.05, 0) is 28.1 Å². The Hall–Kier alpha value is -2.37. The fourth-order valence-corrected chi connectivity index (χ4v) is 3.63. The Morgan fingerprint density at radius 2 is 1.71 bits per heavy atom. The fraction of sp³-hybridized carbons (Fsp3) is 0.235. The molecule has 28 heavy (non-hydrogen) atoms. The van der Waals surface area contributed by atoms with E-state index in [1.807, 2.05) is 30.1 Å². The zero-order chi connectivity index (χ0) is 20.5. The van der Waals surface area contributed by atoms with Crippen LogP contribution in [0.1, 0.15) is 26.7 Å². The normalized spacial score (nSPS) is 9.86. The second-order valence-electron chi connectivity index (χ2n) is 5.16. The smallest absolute Gasteiger partial charge is 0.357 e. The molecule has 0 aliphatic carbocycles. The number of halogens is 1. The molecule has 0 amide bonds. The van der Waals surface area contributed by atoms with Gasteiger partial charge in [-0.3, -0.25) is 4.98 Å². The molecular weight excluding hydrogens is 468 g/mol. The SMILES string of the molecule is COC(=O)c1csc(Br)n1.COC(=O)c1csc(N(C)Cc2ccccn2)n1. The molecule has 0 bridgehead atoms. The van der Waals surface area contributed by atoms with E-state index in [1.54, 1.807) is 17.0 Å². The summed E-state index contributed by atoms with van der Waals surface area (Å²) in [6.07, 6.45) is 1.75. The predicted molar refractivity (Wildman–Crippen MR) is 111 cm³/mol. The van der Waals surface area contributed by atoms with E-state index in [2.05, 4.69) is 40.4 Å². The standard InChI is InChI=1S/C12H13N3O2S.C5H4BrNO2S/c1-15(7-9-5-3-4-6-13-9)12-14-10(8-18-12)11(16)17-2;1-9-4(8)3-2-10-5(6)7-3/h3-6,8H,7H2,1-2H3;2H,1H3. The van der Waals surface area contributed by atoms with Crippen molar-refractivity contribution < 1.29 is 19.1 Å². The molecule has 0 atom stereocenters. The Morgan fingerprint density at radius 1 is 1.07 bits per heavy atom. The topological polar surface area (TPSA) is 94.5 Å². The van der Waals surface area contributed by atoms with E-state index >= 15 is 0 Å². The molecular formula is C17H17BrN4O4S2. The number of aromatic nitrogens is 3. The van der Waals surface area contributed by atoms with Crippen molar-refractivity contribution in [3.63, 3.8) is 0 Å². The molecule has 3 aromatic rings. The molecule has 3 aromatic heterocycles. The molecule has 3 heterocycles. The van der Waals surface area contributed by atoms with Gasteiger partial charge in [-0.15, -0.1) is 22.7 Å². The van der Waals surface area contributed by atoms with E-state index in [-0.39, 0.29) is 0 Å². The maximum absolute atomic E-state index is 11.3. The third kappa shape index (κ3) is 6.36. The lowest BCUT2D eigenvalue weighted by Gasteiger charge is -2.14. The summed E-state index contributed by atoms with van der Waals surface area (Å²) >= 11 is 5.89. The number of anilines is 1. The maximum Gasteiger partial charge on any atom is 0.357 e. The highest BCUT2D eigenvalue weighted by Crippen LogP contribution is 2.21. The molecule has 0 N–H and O–H groups in total. The van der Waals surface area contributed by atoms with Gasteiger partial charge in [0.05, 0.1) is 26.5 Å². The van der Waals surface area contributed by atoms with Gasteiger partial charge in [0, 0.05) is 24.0 Å².